The van der Waals surface area contributed by atoms with Gasteiger partial charge in [0, 0.05) is 36.5 Å². The predicted octanol–water partition coefficient (Wildman–Crippen LogP) is 5.21. The summed E-state index contributed by atoms with van der Waals surface area (Å²) in [7, 11) is 1.92. The molecule has 4 aromatic rings. The van der Waals surface area contributed by atoms with Gasteiger partial charge in [0.2, 0.25) is 0 Å². The zero-order chi connectivity index (χ0) is 27.9. The molecular weight excluding hydrogens is 526 g/mol. The summed E-state index contributed by atoms with van der Waals surface area (Å²) in [6.07, 6.45) is 0.661. The first-order valence-electron chi connectivity index (χ1n) is 13.2. The average Bonchev–Trinajstić information content (AvgIpc) is 3.40. The molecule has 0 spiro atoms. The Morgan fingerprint density at radius 1 is 1.00 bits per heavy atom. The van der Waals surface area contributed by atoms with Gasteiger partial charge in [-0.3, -0.25) is 0 Å². The zero-order valence-corrected chi connectivity index (χ0v) is 23.3. The van der Waals surface area contributed by atoms with Crippen LogP contribution in [0.3, 0.4) is 0 Å². The number of aliphatic hydroxyl groups is 1. The summed E-state index contributed by atoms with van der Waals surface area (Å²) in [5.74, 6) is 0.709. The molecule has 3 aromatic carbocycles. The summed E-state index contributed by atoms with van der Waals surface area (Å²) in [4.78, 5) is 12.6. The fourth-order valence-electron chi connectivity index (χ4n) is 4.59. The van der Waals surface area contributed by atoms with Crippen molar-refractivity contribution in [3.8, 4) is 0 Å². The molecule has 0 aliphatic carbocycles. The van der Waals surface area contributed by atoms with Crippen LogP contribution >= 0.6 is 11.8 Å². The van der Waals surface area contributed by atoms with E-state index in [1.54, 1.807) is 18.1 Å². The predicted molar refractivity (Wildman–Crippen MR) is 153 cm³/mol. The van der Waals surface area contributed by atoms with Crippen LogP contribution in [0.1, 0.15) is 41.6 Å². The lowest BCUT2D eigenvalue weighted by molar-refractivity contribution is -0.268. The molecule has 1 saturated heterocycles. The van der Waals surface area contributed by atoms with Crippen molar-refractivity contribution in [1.82, 2.24) is 20.1 Å². The van der Waals surface area contributed by atoms with Crippen molar-refractivity contribution in [3.05, 3.63) is 107 Å². The number of hydrogen-bond acceptors (Lipinski definition) is 7. The van der Waals surface area contributed by atoms with Gasteiger partial charge in [0.05, 0.1) is 18.8 Å². The Hall–Kier alpha value is -3.70. The van der Waals surface area contributed by atoms with Gasteiger partial charge in [-0.05, 0) is 28.8 Å². The summed E-state index contributed by atoms with van der Waals surface area (Å²) in [6, 6.07) is 24.8. The van der Waals surface area contributed by atoms with Crippen LogP contribution in [0.25, 0.3) is 0 Å². The third-order valence-corrected chi connectivity index (χ3v) is 8.01. The third kappa shape index (κ3) is 6.89. The molecule has 0 bridgehead atoms. The Balaban J connectivity index is 1.32. The highest BCUT2D eigenvalue weighted by Crippen LogP contribution is 2.43. The number of urea groups is 1. The van der Waals surface area contributed by atoms with Crippen LogP contribution in [0, 0.1) is 5.92 Å². The second-order valence-corrected chi connectivity index (χ2v) is 10.8. The van der Waals surface area contributed by atoms with Crippen LogP contribution in [0.4, 0.5) is 10.5 Å². The quantitative estimate of drug-likeness (QED) is 0.241. The lowest BCUT2D eigenvalue weighted by Crippen LogP contribution is -2.38. The summed E-state index contributed by atoms with van der Waals surface area (Å²) >= 11 is 1.59. The first-order chi connectivity index (χ1) is 19.5. The second kappa shape index (κ2) is 13.1. The fraction of sp³-hybridized carbons (Fsp3) is 0.300. The van der Waals surface area contributed by atoms with E-state index < -0.39 is 6.29 Å². The number of aromatic nitrogens is 3. The minimum Gasteiger partial charge on any atom is -0.392 e. The topological polar surface area (TPSA) is 111 Å². The number of carbonyl (C=O) groups excluding carboxylic acids is 1. The van der Waals surface area contributed by atoms with Gasteiger partial charge >= 0.3 is 6.03 Å². The highest BCUT2D eigenvalue weighted by molar-refractivity contribution is 7.99. The van der Waals surface area contributed by atoms with Crippen LogP contribution < -0.4 is 10.6 Å². The number of rotatable bonds is 9. The molecule has 2 heterocycles. The monoisotopic (exact) mass is 559 g/mol. The van der Waals surface area contributed by atoms with Crippen molar-refractivity contribution in [1.29, 1.82) is 0 Å². The zero-order valence-electron chi connectivity index (χ0n) is 22.4. The fourth-order valence-corrected chi connectivity index (χ4v) is 5.64. The van der Waals surface area contributed by atoms with E-state index in [0.29, 0.717) is 18.0 Å². The lowest BCUT2D eigenvalue weighted by atomic mass is 9.91. The first kappa shape index (κ1) is 27.9. The van der Waals surface area contributed by atoms with Crippen molar-refractivity contribution in [2.75, 3.05) is 11.1 Å². The Morgan fingerprint density at radius 2 is 1.80 bits per heavy atom. The molecule has 1 aromatic heterocycles. The number of anilines is 1. The molecular formula is C30H33N5O4S. The van der Waals surface area contributed by atoms with E-state index in [2.05, 4.69) is 27.8 Å². The first-order valence-corrected chi connectivity index (χ1v) is 14.1. The molecule has 208 valence electrons. The normalized spacial score (nSPS) is 20.7. The maximum Gasteiger partial charge on any atom is 0.319 e. The molecule has 10 heteroatoms. The van der Waals surface area contributed by atoms with Crippen LogP contribution in [0.2, 0.25) is 0 Å². The SMILES string of the molecule is CC1C(CSc2nncn2C)OC(c2cccc(NC(=O)NCc3ccccc3)c2)OC1c1ccc(CO)cc1. The van der Waals surface area contributed by atoms with E-state index in [4.69, 9.17) is 9.47 Å². The average molecular weight is 560 g/mol. The molecule has 40 heavy (non-hydrogen) atoms. The van der Waals surface area contributed by atoms with E-state index in [0.717, 1.165) is 27.4 Å². The van der Waals surface area contributed by atoms with Gasteiger partial charge in [0.25, 0.3) is 0 Å². The molecule has 1 aliphatic rings. The van der Waals surface area contributed by atoms with E-state index in [-0.39, 0.29) is 30.8 Å². The number of nitrogens with one attached hydrogen (secondary N) is 2. The third-order valence-electron chi connectivity index (χ3n) is 6.88. The largest absolute Gasteiger partial charge is 0.392 e. The van der Waals surface area contributed by atoms with E-state index >= 15 is 0 Å². The summed E-state index contributed by atoms with van der Waals surface area (Å²) in [5.41, 5.74) is 4.33. The smallest absolute Gasteiger partial charge is 0.319 e. The van der Waals surface area contributed by atoms with Crippen molar-refractivity contribution < 1.29 is 19.4 Å². The minimum atomic E-state index is -0.641. The summed E-state index contributed by atoms with van der Waals surface area (Å²) < 4.78 is 14.9. The number of amides is 2. The number of aliphatic hydroxyl groups excluding tert-OH is 1. The van der Waals surface area contributed by atoms with Gasteiger partial charge in [-0.1, -0.05) is 85.4 Å². The highest BCUT2D eigenvalue weighted by Gasteiger charge is 2.38. The molecule has 1 aliphatic heterocycles. The Morgan fingerprint density at radius 3 is 2.52 bits per heavy atom. The summed E-state index contributed by atoms with van der Waals surface area (Å²) in [5, 5.41) is 24.3. The molecule has 0 radical (unpaired) electrons. The number of hydrogen-bond donors (Lipinski definition) is 3. The molecule has 1 fully saturated rings. The standard InChI is InChI=1S/C30H33N5O4S/c1-20-26(18-40-30-34-32-19-35(30)2)38-28(39-27(20)23-13-11-22(17-36)12-14-23)24-9-6-10-25(15-24)33-29(37)31-16-21-7-4-3-5-8-21/h3-15,19-20,26-28,36H,16-18H2,1-2H3,(H2,31,33,37). The maximum atomic E-state index is 12.6. The summed E-state index contributed by atoms with van der Waals surface area (Å²) in [6.45, 7) is 2.54. The Kier molecular flexibility index (Phi) is 9.12. The molecule has 4 unspecified atom stereocenters. The van der Waals surface area contributed by atoms with E-state index in [9.17, 15) is 9.90 Å². The van der Waals surface area contributed by atoms with Gasteiger partial charge in [0.15, 0.2) is 11.4 Å². The van der Waals surface area contributed by atoms with Gasteiger partial charge in [-0.2, -0.15) is 0 Å². The molecule has 9 nitrogen and oxygen atoms in total. The number of carbonyl (C=O) groups is 1. The van der Waals surface area contributed by atoms with Crippen LogP contribution in [0.5, 0.6) is 0 Å². The number of ether oxygens (including phenoxy) is 2. The number of thioether (sulfide) groups is 1. The molecule has 5 rings (SSSR count). The maximum absolute atomic E-state index is 12.6. The number of benzene rings is 3. The minimum absolute atomic E-state index is 0.0111. The van der Waals surface area contributed by atoms with E-state index in [1.807, 2.05) is 90.5 Å². The molecule has 3 N–H and O–H groups in total. The van der Waals surface area contributed by atoms with Crippen LogP contribution in [-0.2, 0) is 29.7 Å². The van der Waals surface area contributed by atoms with Gasteiger partial charge in [-0.25, -0.2) is 4.79 Å². The highest BCUT2D eigenvalue weighted by atomic mass is 32.2. The van der Waals surface area contributed by atoms with Crippen molar-refractivity contribution >= 4 is 23.5 Å². The Bertz CT molecular complexity index is 1400. The van der Waals surface area contributed by atoms with Crippen molar-refractivity contribution in [2.24, 2.45) is 13.0 Å². The van der Waals surface area contributed by atoms with Crippen molar-refractivity contribution in [3.63, 3.8) is 0 Å². The van der Waals surface area contributed by atoms with Gasteiger partial charge in [-0.15, -0.1) is 10.2 Å². The van der Waals surface area contributed by atoms with Crippen LogP contribution in [-0.4, -0.2) is 37.8 Å². The molecule has 0 saturated carbocycles. The molecule has 4 atom stereocenters. The van der Waals surface area contributed by atoms with Gasteiger partial charge in [0.1, 0.15) is 6.33 Å². The van der Waals surface area contributed by atoms with Gasteiger partial charge < -0.3 is 29.8 Å². The number of aryl methyl sites for hydroxylation is 1. The molecule has 2 amide bonds. The second-order valence-electron chi connectivity index (χ2n) is 9.78. The lowest BCUT2D eigenvalue weighted by Gasteiger charge is -2.41. The van der Waals surface area contributed by atoms with E-state index in [1.165, 1.54) is 0 Å². The van der Waals surface area contributed by atoms with Crippen LogP contribution in [0.15, 0.2) is 90.3 Å². The number of nitrogens with zero attached hydrogens (tertiary/aromatic N) is 3. The van der Waals surface area contributed by atoms with Crippen molar-refractivity contribution in [2.45, 2.75) is 43.7 Å². The Labute approximate surface area is 237 Å².